The van der Waals surface area contributed by atoms with Crippen molar-refractivity contribution in [2.24, 2.45) is 0 Å². The van der Waals surface area contributed by atoms with Gasteiger partial charge in [-0.1, -0.05) is 257 Å². The number of ether oxygens (including phenoxy) is 1. The van der Waals surface area contributed by atoms with Gasteiger partial charge in [-0.15, -0.1) is 22.7 Å². The topological polar surface area (TPSA) is 59.6 Å². The summed E-state index contributed by atoms with van der Waals surface area (Å²) in [5, 5.41) is 13.8. The summed E-state index contributed by atoms with van der Waals surface area (Å²) >= 11 is 3.57. The number of hydrogen-bond donors (Lipinski definition) is 0. The van der Waals surface area contributed by atoms with Crippen molar-refractivity contribution in [1.29, 1.82) is 0 Å². The van der Waals surface area contributed by atoms with E-state index in [-0.39, 0.29) is 5.41 Å². The molecule has 0 saturated heterocycles. The number of para-hydroxylation sites is 3. The second-order valence-corrected chi connectivity index (χ2v) is 35.8. The number of benzene rings is 17. The number of nitrogens with zero attached hydrogens (tertiary/aromatic N) is 5. The maximum Gasteiger partial charge on any atom is 0.136 e. The predicted octanol–water partition coefficient (Wildman–Crippen LogP) is 34.1. The summed E-state index contributed by atoms with van der Waals surface area (Å²) in [6.45, 7) is 6.88. The maximum atomic E-state index is 6.68. The van der Waals surface area contributed by atoms with E-state index in [9.17, 15) is 0 Å². The Labute approximate surface area is 743 Å². The number of thiophene rings is 2. The SMILES string of the molecule is CC(C)(C)c1ccc2c(c1)-c1ccccc1-c1cc3sccc3cc1N2c1cccc(-c2ccc3ncccc3c2)c1.c1ccc(-c2cc(-c3nccc4ccccc34)ccc2-c2ccc3c(c2)-c2ccccc2-c2cc4sccc4cc2O3)cc1.c1ccc(-n2ccc3ccc4c(c32)-c2ccccc2-c2ccccc2N4c2ccc3oc4ccccc4c3c2)cc1. The molecule has 6 aromatic heterocycles. The Morgan fingerprint density at radius 3 is 1.67 bits per heavy atom. The molecule has 3 aliphatic rings. The minimum absolute atomic E-state index is 0.0431. The smallest absolute Gasteiger partial charge is 0.136 e. The summed E-state index contributed by atoms with van der Waals surface area (Å²) < 4.78 is 17.8. The quantitative estimate of drug-likeness (QED) is 0.158. The lowest BCUT2D eigenvalue weighted by molar-refractivity contribution is 0.488. The highest BCUT2D eigenvalue weighted by Crippen LogP contribution is 2.57. The molecule has 0 N–H and O–H groups in total. The zero-order chi connectivity index (χ0) is 84.4. The largest absolute Gasteiger partial charge is 0.456 e. The van der Waals surface area contributed by atoms with Crippen molar-refractivity contribution in [2.75, 3.05) is 9.80 Å². The van der Waals surface area contributed by atoms with Gasteiger partial charge in [-0.05, 0) is 262 Å². The zero-order valence-corrected chi connectivity index (χ0v) is 71.4. The van der Waals surface area contributed by atoms with E-state index in [1.165, 1.54) is 137 Å². The number of furan rings is 1. The first-order chi connectivity index (χ1) is 62.6. The molecule has 0 radical (unpaired) electrons. The second-order valence-electron chi connectivity index (χ2n) is 33.9. The van der Waals surface area contributed by atoms with E-state index in [4.69, 9.17) is 14.1 Å². The lowest BCUT2D eigenvalue weighted by Gasteiger charge is -2.29. The number of anilines is 6. The Balaban J connectivity index is 0.000000106. The van der Waals surface area contributed by atoms with Crippen LogP contribution in [0.15, 0.2) is 428 Å². The van der Waals surface area contributed by atoms with Gasteiger partial charge >= 0.3 is 0 Å². The summed E-state index contributed by atoms with van der Waals surface area (Å²) in [6.07, 6.45) is 5.94. The standard InChI is InChI=1S/C41H25NOS.C39H30N2S.C38H24N2O/c1-2-8-26(9-3-1)35-23-30(41-32-11-5-4-10-27(32)18-20-42-41)14-16-31(35)28-15-17-38-36(22-28)33-12-6-7-13-34(33)37-25-40-29(19-21-44-40)24-39(37)43-38;1-39(2,3)29-14-16-36-33(23-29)31-11-4-5-12-32(31)34-24-38-28(17-19-42-38)22-37(34)41(36)30-10-6-8-25(21-30)26-13-15-35-27(20-26)9-7-18-40-35;1-2-10-26(11-3-1)39-23-22-25-18-20-34-37(38(25)39)31-15-5-4-12-28(31)29-13-6-8-16-33(29)40(34)27-19-21-36-32(24-27)30-14-7-9-17-35(30)41-36/h1-25H;4-24H,1-3H3;1-24H. The van der Waals surface area contributed by atoms with Gasteiger partial charge in [0.05, 0.1) is 39.5 Å². The molecule has 17 aromatic carbocycles. The first-order valence-corrected chi connectivity index (χ1v) is 44.9. The maximum absolute atomic E-state index is 6.68. The summed E-state index contributed by atoms with van der Waals surface area (Å²) in [7, 11) is 0. The van der Waals surface area contributed by atoms with Gasteiger partial charge in [0.1, 0.15) is 22.7 Å². The lowest BCUT2D eigenvalue weighted by Crippen LogP contribution is -2.14. The normalized spacial score (nSPS) is 12.2. The highest BCUT2D eigenvalue weighted by atomic mass is 32.1. The molecule has 0 amide bonds. The Morgan fingerprint density at radius 2 is 0.874 bits per heavy atom. The third kappa shape index (κ3) is 13.1. The van der Waals surface area contributed by atoms with E-state index < -0.39 is 0 Å². The molecule has 26 rings (SSSR count). The van der Waals surface area contributed by atoms with Crippen molar-refractivity contribution in [3.05, 3.63) is 429 Å². The van der Waals surface area contributed by atoms with E-state index in [0.29, 0.717) is 0 Å². The molecule has 7 nitrogen and oxygen atoms in total. The van der Waals surface area contributed by atoms with E-state index in [0.717, 1.165) is 106 Å². The van der Waals surface area contributed by atoms with Gasteiger partial charge < -0.3 is 23.5 Å². The van der Waals surface area contributed by atoms with E-state index in [1.54, 1.807) is 22.7 Å². The fourth-order valence-corrected chi connectivity index (χ4v) is 20.9. The third-order valence-electron chi connectivity index (χ3n) is 25.4. The van der Waals surface area contributed by atoms with E-state index in [2.05, 4.69) is 433 Å². The van der Waals surface area contributed by atoms with E-state index >= 15 is 0 Å². The number of rotatable bonds is 7. The molecule has 9 heteroatoms. The number of fused-ring (bicyclic) bond motifs is 24. The molecule has 127 heavy (non-hydrogen) atoms. The van der Waals surface area contributed by atoms with Gasteiger partial charge in [0.15, 0.2) is 0 Å². The first kappa shape index (κ1) is 75.0. The molecular weight excluding hydrogens is 1580 g/mol. The van der Waals surface area contributed by atoms with Crippen LogP contribution < -0.4 is 14.5 Å². The summed E-state index contributed by atoms with van der Waals surface area (Å²) in [5.41, 5.74) is 37.2. The van der Waals surface area contributed by atoms with Crippen LogP contribution >= 0.6 is 22.7 Å². The minimum atomic E-state index is 0.0431. The fourth-order valence-electron chi connectivity index (χ4n) is 19.3. The Morgan fingerprint density at radius 1 is 0.283 bits per heavy atom. The van der Waals surface area contributed by atoms with Crippen molar-refractivity contribution in [3.8, 4) is 129 Å². The van der Waals surface area contributed by atoms with Crippen LogP contribution in [0.5, 0.6) is 11.5 Å². The molecule has 0 aliphatic carbocycles. The van der Waals surface area contributed by atoms with Crippen molar-refractivity contribution in [1.82, 2.24) is 14.5 Å². The van der Waals surface area contributed by atoms with Crippen LogP contribution in [0.3, 0.4) is 0 Å². The second kappa shape index (κ2) is 30.6. The summed E-state index contributed by atoms with van der Waals surface area (Å²) in [5.74, 6) is 1.76. The van der Waals surface area contributed by atoms with E-state index in [1.807, 2.05) is 30.6 Å². The molecule has 600 valence electrons. The summed E-state index contributed by atoms with van der Waals surface area (Å²) in [4.78, 5) is 14.2. The summed E-state index contributed by atoms with van der Waals surface area (Å²) in [6, 6.07) is 142. The Bertz CT molecular complexity index is 8330. The molecule has 0 saturated carbocycles. The van der Waals surface area contributed by atoms with Crippen LogP contribution in [0, 0.1) is 0 Å². The molecule has 0 atom stereocenters. The molecule has 3 aliphatic heterocycles. The Kier molecular flexibility index (Phi) is 18.1. The van der Waals surface area contributed by atoms with Crippen LogP contribution in [0.25, 0.3) is 192 Å². The molecule has 9 heterocycles. The number of hydrogen-bond acceptors (Lipinski definition) is 8. The molecule has 0 bridgehead atoms. The number of aromatic nitrogens is 3. The highest BCUT2D eigenvalue weighted by molar-refractivity contribution is 7.17. The van der Waals surface area contributed by atoms with Crippen molar-refractivity contribution in [3.63, 3.8) is 0 Å². The third-order valence-corrected chi connectivity index (χ3v) is 27.2. The van der Waals surface area contributed by atoms with Crippen molar-refractivity contribution in [2.45, 2.75) is 26.2 Å². The molecular formula is C118H79N5O2S2. The number of pyridine rings is 2. The monoisotopic (exact) mass is 1660 g/mol. The highest BCUT2D eigenvalue weighted by Gasteiger charge is 2.33. The van der Waals surface area contributed by atoms with Gasteiger partial charge in [0.25, 0.3) is 0 Å². The van der Waals surface area contributed by atoms with Crippen LogP contribution in [-0.4, -0.2) is 14.5 Å². The fraction of sp³-hybridized carbons (Fsp3) is 0.0339. The zero-order valence-electron chi connectivity index (χ0n) is 69.8. The van der Waals surface area contributed by atoms with Crippen molar-refractivity contribution < 1.29 is 9.15 Å². The first-order valence-electron chi connectivity index (χ1n) is 43.2. The van der Waals surface area contributed by atoms with Gasteiger partial charge in [-0.25, -0.2) is 0 Å². The van der Waals surface area contributed by atoms with Gasteiger partial charge in [-0.3, -0.25) is 9.97 Å². The Hall–Kier alpha value is -15.8. The van der Waals surface area contributed by atoms with Crippen LogP contribution in [-0.2, 0) is 5.41 Å². The average molecular weight is 1660 g/mol. The minimum Gasteiger partial charge on any atom is -0.456 e. The average Bonchev–Trinajstić information content (AvgIpc) is 1.57. The molecule has 23 aromatic rings. The lowest BCUT2D eigenvalue weighted by atomic mass is 9.84. The van der Waals surface area contributed by atoms with Gasteiger partial charge in [0.2, 0.25) is 0 Å². The van der Waals surface area contributed by atoms with Crippen LogP contribution in [0.1, 0.15) is 26.3 Å². The predicted molar refractivity (Wildman–Crippen MR) is 534 cm³/mol. The van der Waals surface area contributed by atoms with Gasteiger partial charge in [0, 0.05) is 111 Å². The van der Waals surface area contributed by atoms with Crippen LogP contribution in [0.4, 0.5) is 34.1 Å². The van der Waals surface area contributed by atoms with Crippen LogP contribution in [0.2, 0.25) is 0 Å². The molecule has 0 spiro atoms. The molecule has 0 fully saturated rings. The van der Waals surface area contributed by atoms with Gasteiger partial charge in [-0.2, -0.15) is 0 Å². The molecule has 0 unspecified atom stereocenters. The van der Waals surface area contributed by atoms with Crippen molar-refractivity contribution >= 4 is 131 Å².